The Morgan fingerprint density at radius 1 is 1.43 bits per heavy atom. The van der Waals surface area contributed by atoms with Crippen LogP contribution in [0.5, 0.6) is 5.88 Å². The molecule has 3 rings (SSSR count). The summed E-state index contributed by atoms with van der Waals surface area (Å²) in [6, 6.07) is 7.35. The lowest BCUT2D eigenvalue weighted by molar-refractivity contribution is 0.401. The molecule has 0 aliphatic rings. The number of rotatable bonds is 2. The Morgan fingerprint density at radius 2 is 2.24 bits per heavy atom. The Kier molecular flexibility index (Phi) is 3.45. The summed E-state index contributed by atoms with van der Waals surface area (Å²) in [6.07, 6.45) is 1.41. The molecule has 0 saturated carbocycles. The first-order valence-corrected chi connectivity index (χ1v) is 7.05. The third-order valence-corrected chi connectivity index (χ3v) is 3.87. The first-order chi connectivity index (χ1) is 10.2. The summed E-state index contributed by atoms with van der Waals surface area (Å²) in [6.45, 7) is 0. The fourth-order valence-corrected chi connectivity index (χ4v) is 2.88. The quantitative estimate of drug-likeness (QED) is 0.709. The molecule has 1 aromatic carbocycles. The molecule has 0 aliphatic carbocycles. The van der Waals surface area contributed by atoms with E-state index in [2.05, 4.69) is 37.0 Å². The molecule has 0 bridgehead atoms. The normalized spacial score (nSPS) is 10.5. The fraction of sp³-hybridized carbons (Fsp3) is 0.0769. The molecule has 21 heavy (non-hydrogen) atoms. The molecule has 3 aromatic rings. The van der Waals surface area contributed by atoms with Crippen LogP contribution in [-0.4, -0.2) is 26.6 Å². The Bertz CT molecular complexity index is 940. The molecule has 0 saturated heterocycles. The second-order valence-electron chi connectivity index (χ2n) is 4.13. The molecule has 0 atom stereocenters. The van der Waals surface area contributed by atoms with Gasteiger partial charge >= 0.3 is 0 Å². The molecule has 0 radical (unpaired) electrons. The van der Waals surface area contributed by atoms with Gasteiger partial charge in [0, 0.05) is 4.47 Å². The Hall–Kier alpha value is -2.24. The van der Waals surface area contributed by atoms with E-state index in [-0.39, 0.29) is 0 Å². The van der Waals surface area contributed by atoms with Crippen LogP contribution >= 0.6 is 28.1 Å². The molecule has 8 heteroatoms. The standard InChI is InChI=1S/C13H8BrN5OS/c1-20-12-10-11(16-6-17-12)19(13(21)18-10)9-3-2-7(5-15)4-8(9)14/h2-4,6H,1H3,(H,18,21). The summed E-state index contributed by atoms with van der Waals surface area (Å²) >= 11 is 8.82. The third kappa shape index (κ3) is 2.20. The molecule has 2 aromatic heterocycles. The molecule has 2 heterocycles. The number of aromatic nitrogens is 4. The van der Waals surface area contributed by atoms with Crippen LogP contribution in [0.1, 0.15) is 5.56 Å². The zero-order chi connectivity index (χ0) is 15.0. The highest BCUT2D eigenvalue weighted by molar-refractivity contribution is 9.10. The van der Waals surface area contributed by atoms with Gasteiger partial charge in [0.1, 0.15) is 11.8 Å². The van der Waals surface area contributed by atoms with Crippen LogP contribution in [0.15, 0.2) is 29.0 Å². The van der Waals surface area contributed by atoms with Crippen molar-refractivity contribution in [3.63, 3.8) is 0 Å². The minimum absolute atomic E-state index is 0.426. The van der Waals surface area contributed by atoms with E-state index in [0.717, 1.165) is 10.2 Å². The molecule has 1 N–H and O–H groups in total. The van der Waals surface area contributed by atoms with Crippen LogP contribution in [0.4, 0.5) is 0 Å². The van der Waals surface area contributed by atoms with Gasteiger partial charge in [0.15, 0.2) is 10.4 Å². The average Bonchev–Trinajstić information content (AvgIpc) is 2.83. The van der Waals surface area contributed by atoms with Gasteiger partial charge in [-0.2, -0.15) is 10.2 Å². The number of hydrogen-bond donors (Lipinski definition) is 1. The molecule has 104 valence electrons. The lowest BCUT2D eigenvalue weighted by Crippen LogP contribution is -1.98. The maximum absolute atomic E-state index is 8.94. The third-order valence-electron chi connectivity index (χ3n) is 2.95. The number of benzene rings is 1. The van der Waals surface area contributed by atoms with E-state index in [1.54, 1.807) is 22.8 Å². The van der Waals surface area contributed by atoms with Crippen molar-refractivity contribution < 1.29 is 4.74 Å². The number of hydrogen-bond acceptors (Lipinski definition) is 5. The molecule has 0 aliphatic heterocycles. The van der Waals surface area contributed by atoms with Gasteiger partial charge in [-0.15, -0.1) is 0 Å². The van der Waals surface area contributed by atoms with Gasteiger partial charge in [-0.1, -0.05) is 0 Å². The minimum Gasteiger partial charge on any atom is -0.479 e. The highest BCUT2D eigenvalue weighted by Crippen LogP contribution is 2.28. The maximum Gasteiger partial charge on any atom is 0.242 e. The number of aromatic amines is 1. The number of fused-ring (bicyclic) bond motifs is 1. The topological polar surface area (TPSA) is 79.5 Å². The van der Waals surface area contributed by atoms with Gasteiger partial charge < -0.3 is 9.72 Å². The highest BCUT2D eigenvalue weighted by Gasteiger charge is 2.14. The zero-order valence-corrected chi connectivity index (χ0v) is 13.2. The average molecular weight is 362 g/mol. The maximum atomic E-state index is 8.94. The van der Waals surface area contributed by atoms with Crippen molar-refractivity contribution in [3.8, 4) is 17.6 Å². The number of nitriles is 1. The number of nitrogens with one attached hydrogen (secondary N) is 1. The van der Waals surface area contributed by atoms with E-state index in [0.29, 0.717) is 27.4 Å². The fourth-order valence-electron chi connectivity index (χ4n) is 2.03. The smallest absolute Gasteiger partial charge is 0.242 e. The Balaban J connectivity index is 2.34. The first-order valence-electron chi connectivity index (χ1n) is 5.85. The highest BCUT2D eigenvalue weighted by atomic mass is 79.9. The van der Waals surface area contributed by atoms with E-state index in [1.165, 1.54) is 13.4 Å². The number of imidazole rings is 1. The first kappa shape index (κ1) is 13.7. The molecule has 0 unspecified atom stereocenters. The largest absolute Gasteiger partial charge is 0.479 e. The summed E-state index contributed by atoms with van der Waals surface area (Å²) in [4.78, 5) is 11.3. The van der Waals surface area contributed by atoms with E-state index in [4.69, 9.17) is 22.2 Å². The van der Waals surface area contributed by atoms with Crippen LogP contribution < -0.4 is 4.74 Å². The molecule has 0 amide bonds. The number of ether oxygens (including phenoxy) is 1. The van der Waals surface area contributed by atoms with E-state index in [9.17, 15) is 0 Å². The van der Waals surface area contributed by atoms with Crippen molar-refractivity contribution in [1.29, 1.82) is 5.26 Å². The van der Waals surface area contributed by atoms with E-state index < -0.39 is 0 Å². The molecule has 0 fully saturated rings. The Morgan fingerprint density at radius 3 is 2.90 bits per heavy atom. The minimum atomic E-state index is 0.426. The molecule has 0 spiro atoms. The number of halogens is 1. The van der Waals surface area contributed by atoms with Gasteiger partial charge in [0.2, 0.25) is 5.88 Å². The van der Waals surface area contributed by atoms with Gasteiger partial charge in [-0.05, 0) is 46.3 Å². The summed E-state index contributed by atoms with van der Waals surface area (Å²) < 4.78 is 8.18. The zero-order valence-electron chi connectivity index (χ0n) is 10.8. The molecule has 6 nitrogen and oxygen atoms in total. The predicted octanol–water partition coefficient (Wildman–Crippen LogP) is 3.12. The number of H-pyrrole nitrogens is 1. The van der Waals surface area contributed by atoms with Crippen molar-refractivity contribution >= 4 is 39.3 Å². The van der Waals surface area contributed by atoms with E-state index >= 15 is 0 Å². The van der Waals surface area contributed by atoms with Crippen LogP contribution in [-0.2, 0) is 0 Å². The van der Waals surface area contributed by atoms with Gasteiger partial charge in [0.25, 0.3) is 0 Å². The second kappa shape index (κ2) is 5.27. The lowest BCUT2D eigenvalue weighted by atomic mass is 10.2. The summed E-state index contributed by atoms with van der Waals surface area (Å²) in [5.41, 5.74) is 2.58. The Labute approximate surface area is 133 Å². The summed E-state index contributed by atoms with van der Waals surface area (Å²) in [5.74, 6) is 0.426. The van der Waals surface area contributed by atoms with Crippen LogP contribution in [0.3, 0.4) is 0 Å². The lowest BCUT2D eigenvalue weighted by Gasteiger charge is -2.07. The van der Waals surface area contributed by atoms with Gasteiger partial charge in [0.05, 0.1) is 24.4 Å². The van der Waals surface area contributed by atoms with Crippen molar-refractivity contribution in [3.05, 3.63) is 39.3 Å². The van der Waals surface area contributed by atoms with Crippen molar-refractivity contribution in [2.45, 2.75) is 0 Å². The van der Waals surface area contributed by atoms with Gasteiger partial charge in [-0.25, -0.2) is 4.98 Å². The molecular weight excluding hydrogens is 354 g/mol. The molecular formula is C13H8BrN5OS. The monoisotopic (exact) mass is 361 g/mol. The SMILES string of the molecule is COc1ncnc2c1[nH]c(=S)n2-c1ccc(C#N)cc1Br. The summed E-state index contributed by atoms with van der Waals surface area (Å²) in [5, 5.41) is 8.94. The number of methoxy groups -OCH3 is 1. The van der Waals surface area contributed by atoms with E-state index in [1.807, 2.05) is 0 Å². The number of nitrogens with zero attached hydrogens (tertiary/aromatic N) is 4. The van der Waals surface area contributed by atoms with Crippen molar-refractivity contribution in [1.82, 2.24) is 19.5 Å². The van der Waals surface area contributed by atoms with Crippen LogP contribution in [0.2, 0.25) is 0 Å². The summed E-state index contributed by atoms with van der Waals surface area (Å²) in [7, 11) is 1.54. The van der Waals surface area contributed by atoms with Gasteiger partial charge in [-0.3, -0.25) is 4.57 Å². The van der Waals surface area contributed by atoms with Crippen LogP contribution in [0, 0.1) is 16.1 Å². The van der Waals surface area contributed by atoms with Crippen molar-refractivity contribution in [2.75, 3.05) is 7.11 Å². The second-order valence-corrected chi connectivity index (χ2v) is 5.37. The predicted molar refractivity (Wildman–Crippen MR) is 83.0 cm³/mol. The van der Waals surface area contributed by atoms with Crippen LogP contribution in [0.25, 0.3) is 16.9 Å². The van der Waals surface area contributed by atoms with Crippen molar-refractivity contribution in [2.24, 2.45) is 0 Å².